The number of nitro groups is 2. The molecule has 0 saturated heterocycles. The van der Waals surface area contributed by atoms with Crippen LogP contribution < -0.4 is 4.90 Å². The molecule has 15 heteroatoms. The van der Waals surface area contributed by atoms with Gasteiger partial charge in [-0.3, -0.25) is 0 Å². The molecule has 0 saturated carbocycles. The van der Waals surface area contributed by atoms with E-state index < -0.39 is 57.2 Å². The van der Waals surface area contributed by atoms with Crippen molar-refractivity contribution in [3.8, 4) is 0 Å². The molecule has 0 aromatic heterocycles. The van der Waals surface area contributed by atoms with Crippen LogP contribution in [0.25, 0.3) is 0 Å². The van der Waals surface area contributed by atoms with Gasteiger partial charge in [0.1, 0.15) is 0 Å². The van der Waals surface area contributed by atoms with Crippen molar-refractivity contribution in [2.45, 2.75) is 11.6 Å². The number of carbonyl (C=O) groups excluding carboxylic acids is 1. The van der Waals surface area contributed by atoms with Gasteiger partial charge in [-0.05, 0) is 0 Å². The summed E-state index contributed by atoms with van der Waals surface area (Å²) in [5, 5.41) is 32.4. The van der Waals surface area contributed by atoms with E-state index in [1.807, 2.05) is 0 Å². The molecule has 0 unspecified atom stereocenters. The van der Waals surface area contributed by atoms with Crippen LogP contribution in [-0.2, 0) is 14.3 Å². The molecule has 0 heterocycles. The molecule has 0 spiro atoms. The average molecular weight is 529 g/mol. The van der Waals surface area contributed by atoms with Crippen molar-refractivity contribution in [3.05, 3.63) is 37.9 Å². The zero-order valence-corrected chi connectivity index (χ0v) is 19.3. The Morgan fingerprint density at radius 3 is 2.43 bits per heavy atom. The minimum absolute atomic E-state index is 0.0126. The van der Waals surface area contributed by atoms with Crippen LogP contribution in [0.1, 0.15) is 16.8 Å². The normalized spacial score (nSPS) is 11.7. The van der Waals surface area contributed by atoms with E-state index in [4.69, 9.17) is 16.7 Å². The summed E-state index contributed by atoms with van der Waals surface area (Å²) in [6.07, 6.45) is 1.15. The van der Waals surface area contributed by atoms with E-state index in [1.54, 1.807) is 0 Å². The van der Waals surface area contributed by atoms with Crippen LogP contribution in [0, 0.1) is 20.2 Å². The van der Waals surface area contributed by atoms with Crippen LogP contribution >= 0.6 is 11.6 Å². The van der Waals surface area contributed by atoms with Gasteiger partial charge < -0.3 is 0 Å². The fourth-order valence-corrected chi connectivity index (χ4v) is 4.89. The number of hydrogen-bond donors (Lipinski definition) is 1. The Balaban J connectivity index is 3.48. The summed E-state index contributed by atoms with van der Waals surface area (Å²) in [7, 11) is -3.75. The number of aliphatic hydroxyl groups is 1. The average Bonchev–Trinajstić information content (AvgIpc) is 2.65. The number of hydrogen-bond acceptors (Lipinski definition) is 10. The van der Waals surface area contributed by atoms with Crippen LogP contribution in [0.4, 0.5) is 17.1 Å². The number of benzene rings is 1. The summed E-state index contributed by atoms with van der Waals surface area (Å²) < 4.78 is 26.3. The number of nitrogens with zero attached hydrogens (tertiary/aromatic N) is 3. The van der Waals surface area contributed by atoms with Crippen LogP contribution in [0.3, 0.4) is 0 Å². The van der Waals surface area contributed by atoms with Gasteiger partial charge in [-0.25, -0.2) is 0 Å². The molecule has 30 heavy (non-hydrogen) atoms. The van der Waals surface area contributed by atoms with Gasteiger partial charge >= 0.3 is 184 Å². The van der Waals surface area contributed by atoms with Crippen molar-refractivity contribution in [1.82, 2.24) is 0 Å². The van der Waals surface area contributed by atoms with Crippen molar-refractivity contribution in [1.29, 1.82) is 0 Å². The Kier molecular flexibility index (Phi) is 10.6. The van der Waals surface area contributed by atoms with Crippen molar-refractivity contribution in [2.24, 2.45) is 0 Å². The summed E-state index contributed by atoms with van der Waals surface area (Å²) in [4.78, 5) is 35.5. The van der Waals surface area contributed by atoms with Crippen LogP contribution in [0.5, 0.6) is 0 Å². The van der Waals surface area contributed by atoms with Crippen molar-refractivity contribution in [3.63, 3.8) is 0 Å². The van der Waals surface area contributed by atoms with Crippen LogP contribution in [0.15, 0.2) is 12.1 Å². The van der Waals surface area contributed by atoms with Gasteiger partial charge in [0.15, 0.2) is 0 Å². The molecule has 0 aliphatic carbocycles. The number of nitro benzene ring substituents is 2. The van der Waals surface area contributed by atoms with Gasteiger partial charge in [-0.15, -0.1) is 0 Å². The van der Waals surface area contributed by atoms with Crippen LogP contribution in [-0.4, -0.2) is 82.1 Å². The Hall–Kier alpha value is -1.79. The van der Waals surface area contributed by atoms with E-state index in [2.05, 4.69) is 4.18 Å². The van der Waals surface area contributed by atoms with Gasteiger partial charge in [-0.1, -0.05) is 0 Å². The topological polar surface area (TPSA) is 170 Å². The quantitative estimate of drug-likeness (QED) is 0.0923. The molecular weight excluding hydrogens is 509 g/mol. The van der Waals surface area contributed by atoms with Gasteiger partial charge in [-0.2, -0.15) is 0 Å². The SMILES string of the molecule is CS(=O)(=O)OCCN(CCCl)c1ccc([N+](=O)[O-])c(C(=O)[As]CCCO)c1[N+](=O)[O-]. The van der Waals surface area contributed by atoms with E-state index in [0.717, 1.165) is 18.4 Å². The molecule has 0 aliphatic heterocycles. The standard InChI is InChI=1S/C15H20AsClN3O9S/c1-30(27,28)29-10-8-18(7-6-17)12-4-3-11(19(23)24)13(14(12)20(25)26)15(22)16-5-2-9-21/h3-4,21H,2,5-10H2,1H3. The first kappa shape index (κ1) is 26.2. The van der Waals surface area contributed by atoms with E-state index in [1.165, 1.54) is 4.90 Å². The van der Waals surface area contributed by atoms with Crippen molar-refractivity contribution >= 4 is 59.1 Å². The van der Waals surface area contributed by atoms with E-state index in [9.17, 15) is 33.4 Å². The Morgan fingerprint density at radius 2 is 1.93 bits per heavy atom. The third kappa shape index (κ3) is 7.80. The number of halogens is 1. The molecule has 0 fully saturated rings. The second-order valence-electron chi connectivity index (χ2n) is 5.81. The van der Waals surface area contributed by atoms with E-state index in [0.29, 0.717) is 6.42 Å². The molecule has 1 rings (SSSR count). The summed E-state index contributed by atoms with van der Waals surface area (Å²) in [6.45, 7) is -0.587. The number of aliphatic hydroxyl groups excluding tert-OH is 1. The Labute approximate surface area is 184 Å². The molecular formula is C15H20AsClN3O9S. The summed E-state index contributed by atoms with van der Waals surface area (Å²) in [6, 6.07) is 2.13. The molecule has 12 nitrogen and oxygen atoms in total. The number of carbonyl (C=O) groups is 1. The molecule has 1 radical (unpaired) electrons. The molecule has 0 aliphatic rings. The molecule has 0 atom stereocenters. The molecule has 0 amide bonds. The first-order valence-electron chi connectivity index (χ1n) is 8.47. The monoisotopic (exact) mass is 528 g/mol. The van der Waals surface area contributed by atoms with Gasteiger partial charge in [0.2, 0.25) is 0 Å². The third-order valence-corrected chi connectivity index (χ3v) is 6.62. The second-order valence-corrected chi connectivity index (χ2v) is 10.3. The maximum absolute atomic E-state index is 12.7. The first-order valence-corrected chi connectivity index (χ1v) is 13.1. The van der Waals surface area contributed by atoms with E-state index >= 15 is 0 Å². The first-order chi connectivity index (χ1) is 14.0. The summed E-state index contributed by atoms with van der Waals surface area (Å²) >= 11 is 4.58. The van der Waals surface area contributed by atoms with Gasteiger partial charge in [0.25, 0.3) is 0 Å². The third-order valence-electron chi connectivity index (χ3n) is 3.65. The zero-order chi connectivity index (χ0) is 22.9. The van der Waals surface area contributed by atoms with Crippen molar-refractivity contribution in [2.75, 3.05) is 43.3 Å². The predicted molar refractivity (Wildman–Crippen MR) is 110 cm³/mol. The van der Waals surface area contributed by atoms with E-state index in [-0.39, 0.29) is 43.1 Å². The molecule has 1 aromatic rings. The summed E-state index contributed by atoms with van der Waals surface area (Å²) in [5.41, 5.74) is -2.13. The Morgan fingerprint density at radius 1 is 1.27 bits per heavy atom. The van der Waals surface area contributed by atoms with Gasteiger partial charge in [0, 0.05) is 0 Å². The van der Waals surface area contributed by atoms with Crippen LogP contribution in [0.2, 0.25) is 5.21 Å². The predicted octanol–water partition coefficient (Wildman–Crippen LogP) is 1.17. The maximum atomic E-state index is 12.7. The molecule has 167 valence electrons. The van der Waals surface area contributed by atoms with Gasteiger partial charge in [0.05, 0.1) is 0 Å². The Bertz CT molecular complexity index is 898. The number of anilines is 1. The fourth-order valence-electron chi connectivity index (χ4n) is 2.46. The minimum atomic E-state index is -3.75. The number of alkyl halides is 1. The zero-order valence-electron chi connectivity index (χ0n) is 15.9. The molecule has 1 aromatic carbocycles. The second kappa shape index (κ2) is 12.2. The fraction of sp³-hybridized carbons (Fsp3) is 0.533. The number of rotatable bonds is 14. The molecule has 1 N–H and O–H groups in total. The molecule has 0 bridgehead atoms. The summed E-state index contributed by atoms with van der Waals surface area (Å²) in [5.74, 6) is 0.0126. The van der Waals surface area contributed by atoms with Crippen molar-refractivity contribution < 1.29 is 32.3 Å².